The van der Waals surface area contributed by atoms with Crippen molar-refractivity contribution in [3.8, 4) is 0 Å². The summed E-state index contributed by atoms with van der Waals surface area (Å²) in [5.74, 6) is -2.29. The Hall–Kier alpha value is -0.880. The Morgan fingerprint density at radius 2 is 1.79 bits per heavy atom. The highest BCUT2D eigenvalue weighted by Gasteiger charge is 2.29. The van der Waals surface area contributed by atoms with Gasteiger partial charge in [0, 0.05) is 0 Å². The molecule has 0 spiro atoms. The Morgan fingerprint density at radius 3 is 2.07 bits per heavy atom. The molecular weight excluding hydrogens is 215 g/mol. The van der Waals surface area contributed by atoms with E-state index in [0.29, 0.717) is 0 Å². The highest BCUT2D eigenvalue weighted by atomic mass is 31.2. The van der Waals surface area contributed by atoms with E-state index >= 15 is 0 Å². The summed E-state index contributed by atoms with van der Waals surface area (Å²) < 4.78 is 13.7. The van der Waals surface area contributed by atoms with Gasteiger partial charge in [0.1, 0.15) is 5.76 Å². The molecule has 0 saturated heterocycles. The predicted octanol–water partition coefficient (Wildman–Crippen LogP) is -0.165. The van der Waals surface area contributed by atoms with Crippen LogP contribution in [0, 0.1) is 0 Å². The van der Waals surface area contributed by atoms with Crippen molar-refractivity contribution in [3.63, 3.8) is 0 Å². The number of phosphoric ester groups is 1. The Bertz CT molecular complexity index is 297. The number of rotatable bonds is 3. The summed E-state index contributed by atoms with van der Waals surface area (Å²) in [4.78, 5) is 27.2. The van der Waals surface area contributed by atoms with Crippen molar-refractivity contribution in [2.45, 2.75) is 20.0 Å². The van der Waals surface area contributed by atoms with E-state index in [-0.39, 0.29) is 5.57 Å². The Morgan fingerprint density at radius 1 is 1.36 bits per heavy atom. The number of aliphatic hydroxyl groups is 2. The second-order valence-corrected chi connectivity index (χ2v) is 3.85. The number of hydrogen-bond donors (Lipinski definition) is 4. The van der Waals surface area contributed by atoms with Crippen LogP contribution in [0.5, 0.6) is 0 Å². The number of carbonyl (C=O) groups excluding carboxylic acids is 1. The van der Waals surface area contributed by atoms with Crippen LogP contribution >= 0.6 is 7.82 Å². The van der Waals surface area contributed by atoms with E-state index in [9.17, 15) is 9.36 Å². The molecule has 0 bridgehead atoms. The maximum Gasteiger partial charge on any atom is 0.527 e. The average Bonchev–Trinajstić information content (AvgIpc) is 1.98. The van der Waals surface area contributed by atoms with Crippen LogP contribution in [-0.4, -0.2) is 32.1 Å². The second kappa shape index (κ2) is 4.56. The lowest BCUT2D eigenvalue weighted by molar-refractivity contribution is -0.144. The molecule has 1 atom stereocenters. The standard InChI is InChI=1S/C6H11O7P/c1-3(2)4(7)5(8)6(9)13-14(10,11)12/h5,7-8H,1-2H3,(H2,10,11,12). The number of phosphoric acid groups is 1. The van der Waals surface area contributed by atoms with Crippen LogP contribution in [0.3, 0.4) is 0 Å². The first-order valence-electron chi connectivity index (χ1n) is 3.48. The molecule has 0 aliphatic heterocycles. The molecule has 0 fully saturated rings. The molecule has 0 aromatic carbocycles. The van der Waals surface area contributed by atoms with Crippen molar-refractivity contribution in [1.82, 2.24) is 0 Å². The van der Waals surface area contributed by atoms with E-state index in [4.69, 9.17) is 20.0 Å². The van der Waals surface area contributed by atoms with Gasteiger partial charge in [-0.25, -0.2) is 9.36 Å². The van der Waals surface area contributed by atoms with Gasteiger partial charge in [0.25, 0.3) is 0 Å². The van der Waals surface area contributed by atoms with Crippen molar-refractivity contribution in [2.24, 2.45) is 0 Å². The summed E-state index contributed by atoms with van der Waals surface area (Å²) in [7, 11) is -4.99. The smallest absolute Gasteiger partial charge is 0.509 e. The zero-order valence-electron chi connectivity index (χ0n) is 7.54. The topological polar surface area (TPSA) is 124 Å². The number of aliphatic hydroxyl groups excluding tert-OH is 2. The van der Waals surface area contributed by atoms with Gasteiger partial charge in [-0.3, -0.25) is 9.79 Å². The molecule has 82 valence electrons. The maximum absolute atomic E-state index is 10.7. The minimum atomic E-state index is -4.99. The fourth-order valence-electron chi connectivity index (χ4n) is 0.552. The molecule has 0 aromatic rings. The molecule has 0 rings (SSSR count). The number of allylic oxidation sites excluding steroid dienone is 1. The van der Waals surface area contributed by atoms with Crippen LogP contribution in [0.25, 0.3) is 0 Å². The Labute approximate surface area is 79.9 Å². The monoisotopic (exact) mass is 226 g/mol. The molecule has 0 saturated carbocycles. The van der Waals surface area contributed by atoms with Crippen LogP contribution in [0.15, 0.2) is 11.3 Å². The van der Waals surface area contributed by atoms with Gasteiger partial charge in [-0.2, -0.15) is 0 Å². The normalized spacial score (nSPS) is 13.2. The quantitative estimate of drug-likeness (QED) is 0.389. The minimum absolute atomic E-state index is 0.236. The molecule has 0 radical (unpaired) electrons. The summed E-state index contributed by atoms with van der Waals surface area (Å²) in [6.07, 6.45) is -2.08. The van der Waals surface area contributed by atoms with Gasteiger partial charge in [0.05, 0.1) is 0 Å². The van der Waals surface area contributed by atoms with E-state index < -0.39 is 25.7 Å². The lowest BCUT2D eigenvalue weighted by Crippen LogP contribution is -2.25. The first-order chi connectivity index (χ1) is 6.15. The van der Waals surface area contributed by atoms with Crippen LogP contribution in [0.4, 0.5) is 0 Å². The van der Waals surface area contributed by atoms with E-state index in [1.54, 1.807) is 0 Å². The summed E-state index contributed by atoms with van der Waals surface area (Å²) in [6.45, 7) is 2.81. The van der Waals surface area contributed by atoms with Crippen LogP contribution in [-0.2, 0) is 13.9 Å². The van der Waals surface area contributed by atoms with Crippen molar-refractivity contribution in [2.75, 3.05) is 0 Å². The third kappa shape index (κ3) is 4.38. The van der Waals surface area contributed by atoms with E-state index in [2.05, 4.69) is 4.52 Å². The number of hydrogen-bond acceptors (Lipinski definition) is 5. The van der Waals surface area contributed by atoms with Crippen molar-refractivity contribution >= 4 is 13.8 Å². The number of carbonyl (C=O) groups is 1. The molecule has 7 nitrogen and oxygen atoms in total. The van der Waals surface area contributed by atoms with Crippen LogP contribution < -0.4 is 0 Å². The average molecular weight is 226 g/mol. The van der Waals surface area contributed by atoms with Gasteiger partial charge >= 0.3 is 13.8 Å². The van der Waals surface area contributed by atoms with Crippen molar-refractivity contribution < 1.29 is 33.9 Å². The molecule has 0 amide bonds. The van der Waals surface area contributed by atoms with Gasteiger partial charge in [-0.05, 0) is 19.4 Å². The van der Waals surface area contributed by atoms with E-state index in [1.165, 1.54) is 13.8 Å². The highest BCUT2D eigenvalue weighted by Crippen LogP contribution is 2.36. The second-order valence-electron chi connectivity index (χ2n) is 2.69. The summed E-state index contributed by atoms with van der Waals surface area (Å²) in [5.41, 5.74) is 0.236. The van der Waals surface area contributed by atoms with Crippen molar-refractivity contribution in [1.29, 1.82) is 0 Å². The molecule has 0 aliphatic rings. The Balaban J connectivity index is 4.58. The molecular formula is C6H11O7P. The lowest BCUT2D eigenvalue weighted by Gasteiger charge is -2.11. The first kappa shape index (κ1) is 13.1. The fourth-order valence-corrected chi connectivity index (χ4v) is 0.886. The molecule has 8 heteroatoms. The van der Waals surface area contributed by atoms with Gasteiger partial charge in [-0.1, -0.05) is 0 Å². The van der Waals surface area contributed by atoms with Gasteiger partial charge < -0.3 is 14.7 Å². The highest BCUT2D eigenvalue weighted by molar-refractivity contribution is 7.46. The van der Waals surface area contributed by atoms with Crippen LogP contribution in [0.1, 0.15) is 13.8 Å². The van der Waals surface area contributed by atoms with E-state index in [1.807, 2.05) is 0 Å². The van der Waals surface area contributed by atoms with Gasteiger partial charge in [0.15, 0.2) is 0 Å². The summed E-state index contributed by atoms with van der Waals surface area (Å²) in [5, 5.41) is 18.0. The van der Waals surface area contributed by atoms with E-state index in [0.717, 1.165) is 0 Å². The molecule has 4 N–H and O–H groups in total. The zero-order valence-corrected chi connectivity index (χ0v) is 8.43. The maximum atomic E-state index is 10.7. The fraction of sp³-hybridized carbons (Fsp3) is 0.500. The third-order valence-electron chi connectivity index (χ3n) is 1.20. The summed E-state index contributed by atoms with van der Waals surface area (Å²) >= 11 is 0. The zero-order chi connectivity index (χ0) is 11.5. The SMILES string of the molecule is CC(C)=C(O)C(O)C(=O)OP(=O)(O)O. The third-order valence-corrected chi connectivity index (χ3v) is 1.62. The predicted molar refractivity (Wildman–Crippen MR) is 45.1 cm³/mol. The van der Waals surface area contributed by atoms with Gasteiger partial charge in [0.2, 0.25) is 6.10 Å². The molecule has 0 aromatic heterocycles. The largest absolute Gasteiger partial charge is 0.527 e. The summed E-state index contributed by atoms with van der Waals surface area (Å²) in [6, 6.07) is 0. The van der Waals surface area contributed by atoms with Crippen molar-refractivity contribution in [3.05, 3.63) is 11.3 Å². The first-order valence-corrected chi connectivity index (χ1v) is 5.01. The molecule has 14 heavy (non-hydrogen) atoms. The molecule has 0 aliphatic carbocycles. The molecule has 0 heterocycles. The minimum Gasteiger partial charge on any atom is -0.509 e. The van der Waals surface area contributed by atoms with Gasteiger partial charge in [-0.15, -0.1) is 0 Å². The lowest BCUT2D eigenvalue weighted by atomic mass is 10.2. The van der Waals surface area contributed by atoms with Crippen LogP contribution in [0.2, 0.25) is 0 Å². The Kier molecular flexibility index (Phi) is 4.28. The molecule has 1 unspecified atom stereocenters.